The summed E-state index contributed by atoms with van der Waals surface area (Å²) in [7, 11) is 0. The monoisotopic (exact) mass is 286 g/mol. The molecule has 0 radical (unpaired) electrons. The van der Waals surface area contributed by atoms with Gasteiger partial charge >= 0.3 is 0 Å². The maximum absolute atomic E-state index is 13.3. The highest BCUT2D eigenvalue weighted by atomic mass is 19.1. The summed E-state index contributed by atoms with van der Waals surface area (Å²) in [6.45, 7) is 5.62. The van der Waals surface area contributed by atoms with Gasteiger partial charge in [-0.1, -0.05) is 29.8 Å². The van der Waals surface area contributed by atoms with Gasteiger partial charge in [-0.15, -0.1) is 0 Å². The molecule has 0 saturated heterocycles. The molecule has 1 amide bonds. The third kappa shape index (κ3) is 3.05. The zero-order valence-corrected chi connectivity index (χ0v) is 12.4. The van der Waals surface area contributed by atoms with Crippen molar-refractivity contribution >= 4 is 11.6 Å². The Balaban J connectivity index is 2.48. The smallest absolute Gasteiger partial charge is 0.247 e. The van der Waals surface area contributed by atoms with Crippen LogP contribution in [0.4, 0.5) is 10.1 Å². The molecule has 2 rings (SSSR count). The molecule has 0 fully saturated rings. The quantitative estimate of drug-likeness (QED) is 0.906. The lowest BCUT2D eigenvalue weighted by atomic mass is 9.86. The Morgan fingerprint density at radius 3 is 2.48 bits per heavy atom. The van der Waals surface area contributed by atoms with E-state index in [9.17, 15) is 9.18 Å². The first-order chi connectivity index (χ1) is 9.83. The van der Waals surface area contributed by atoms with Gasteiger partial charge in [-0.05, 0) is 50.1 Å². The van der Waals surface area contributed by atoms with Crippen LogP contribution in [0, 0.1) is 19.7 Å². The van der Waals surface area contributed by atoms with Gasteiger partial charge in [-0.2, -0.15) is 0 Å². The topological polar surface area (TPSA) is 55.1 Å². The second kappa shape index (κ2) is 5.56. The van der Waals surface area contributed by atoms with Crippen molar-refractivity contribution in [2.45, 2.75) is 26.3 Å². The lowest BCUT2D eigenvalue weighted by Crippen LogP contribution is -2.45. The summed E-state index contributed by atoms with van der Waals surface area (Å²) in [5, 5.41) is 3.06. The van der Waals surface area contributed by atoms with E-state index in [1.165, 1.54) is 12.1 Å². The molecular weight excluding hydrogens is 267 g/mol. The minimum absolute atomic E-state index is 0.368. The van der Waals surface area contributed by atoms with Gasteiger partial charge in [0, 0.05) is 5.69 Å². The lowest BCUT2D eigenvalue weighted by molar-refractivity contribution is -0.122. The highest BCUT2D eigenvalue weighted by molar-refractivity contribution is 5.89. The van der Waals surface area contributed by atoms with Crippen molar-refractivity contribution < 1.29 is 9.18 Å². The van der Waals surface area contributed by atoms with Gasteiger partial charge in [0.25, 0.3) is 0 Å². The Morgan fingerprint density at radius 1 is 1.19 bits per heavy atom. The second-order valence-electron chi connectivity index (χ2n) is 5.44. The first kappa shape index (κ1) is 15.0. The van der Waals surface area contributed by atoms with Crippen LogP contribution in [0.3, 0.4) is 0 Å². The molecule has 0 bridgehead atoms. The maximum Gasteiger partial charge on any atom is 0.247 e. The average molecular weight is 286 g/mol. The van der Waals surface area contributed by atoms with E-state index in [2.05, 4.69) is 5.32 Å². The number of nitrogens with one attached hydrogen (secondary N) is 1. The average Bonchev–Trinajstić information content (AvgIpc) is 2.38. The van der Waals surface area contributed by atoms with Crippen LogP contribution in [0.2, 0.25) is 0 Å². The third-order valence-corrected chi connectivity index (χ3v) is 3.63. The molecule has 0 heterocycles. The Kier molecular flexibility index (Phi) is 3.98. The molecule has 3 nitrogen and oxygen atoms in total. The number of carbonyl (C=O) groups is 1. The summed E-state index contributed by atoms with van der Waals surface area (Å²) in [5.41, 5.74) is 7.85. The molecule has 2 aromatic rings. The highest BCUT2D eigenvalue weighted by Crippen LogP contribution is 2.29. The van der Waals surface area contributed by atoms with Crippen molar-refractivity contribution in [1.82, 2.24) is 0 Å². The van der Waals surface area contributed by atoms with Crippen molar-refractivity contribution in [3.63, 3.8) is 0 Å². The molecule has 1 atom stereocenters. The van der Waals surface area contributed by atoms with Gasteiger partial charge in [0.1, 0.15) is 11.4 Å². The Labute approximate surface area is 124 Å². The summed E-state index contributed by atoms with van der Waals surface area (Å²) in [6, 6.07) is 11.8. The number of amides is 1. The van der Waals surface area contributed by atoms with E-state index < -0.39 is 11.4 Å². The largest absolute Gasteiger partial charge is 0.368 e. The minimum Gasteiger partial charge on any atom is -0.368 e. The number of anilines is 1. The van der Waals surface area contributed by atoms with Crippen LogP contribution < -0.4 is 11.1 Å². The molecule has 110 valence electrons. The van der Waals surface area contributed by atoms with Gasteiger partial charge in [0.2, 0.25) is 5.91 Å². The van der Waals surface area contributed by atoms with Crippen LogP contribution in [0.1, 0.15) is 23.6 Å². The molecule has 0 spiro atoms. The van der Waals surface area contributed by atoms with Gasteiger partial charge in [-0.3, -0.25) is 4.79 Å². The number of hydrogen-bond acceptors (Lipinski definition) is 2. The summed E-state index contributed by atoms with van der Waals surface area (Å²) in [6.07, 6.45) is 0. The molecule has 0 aliphatic carbocycles. The van der Waals surface area contributed by atoms with E-state index in [0.717, 1.165) is 16.7 Å². The van der Waals surface area contributed by atoms with Crippen LogP contribution >= 0.6 is 0 Å². The molecular formula is C17H19FN2O. The van der Waals surface area contributed by atoms with Crippen molar-refractivity contribution in [2.24, 2.45) is 5.73 Å². The van der Waals surface area contributed by atoms with E-state index in [-0.39, 0.29) is 5.82 Å². The van der Waals surface area contributed by atoms with E-state index in [4.69, 9.17) is 5.73 Å². The predicted octanol–water partition coefficient (Wildman–Crippen LogP) is 3.26. The second-order valence-corrected chi connectivity index (χ2v) is 5.44. The molecule has 0 aliphatic heterocycles. The van der Waals surface area contributed by atoms with Gasteiger partial charge < -0.3 is 11.1 Å². The maximum atomic E-state index is 13.3. The Bertz CT molecular complexity index is 684. The number of hydrogen-bond donors (Lipinski definition) is 2. The molecule has 0 aromatic heterocycles. The summed E-state index contributed by atoms with van der Waals surface area (Å²) in [4.78, 5) is 12.0. The van der Waals surface area contributed by atoms with Gasteiger partial charge in [0.15, 0.2) is 0 Å². The number of benzene rings is 2. The van der Waals surface area contributed by atoms with Crippen LogP contribution in [0.15, 0.2) is 42.5 Å². The normalized spacial score (nSPS) is 13.5. The molecule has 21 heavy (non-hydrogen) atoms. The summed E-state index contributed by atoms with van der Waals surface area (Å²) in [5.74, 6) is -0.883. The number of aryl methyl sites for hydroxylation is 2. The van der Waals surface area contributed by atoms with Crippen molar-refractivity contribution in [3.05, 3.63) is 65.0 Å². The van der Waals surface area contributed by atoms with Crippen molar-refractivity contribution in [2.75, 3.05) is 5.32 Å². The van der Waals surface area contributed by atoms with Gasteiger partial charge in [0.05, 0.1) is 0 Å². The van der Waals surface area contributed by atoms with Crippen LogP contribution in [-0.4, -0.2) is 5.91 Å². The van der Waals surface area contributed by atoms with Crippen molar-refractivity contribution in [1.29, 1.82) is 0 Å². The lowest BCUT2D eigenvalue weighted by Gasteiger charge is -2.30. The first-order valence-corrected chi connectivity index (χ1v) is 6.74. The summed E-state index contributed by atoms with van der Waals surface area (Å²) < 4.78 is 13.3. The van der Waals surface area contributed by atoms with Crippen molar-refractivity contribution in [3.8, 4) is 0 Å². The zero-order valence-electron chi connectivity index (χ0n) is 12.4. The van der Waals surface area contributed by atoms with Crippen LogP contribution in [-0.2, 0) is 10.3 Å². The molecule has 3 N–H and O–H groups in total. The summed E-state index contributed by atoms with van der Waals surface area (Å²) >= 11 is 0. The Morgan fingerprint density at radius 2 is 1.90 bits per heavy atom. The number of primary amides is 1. The Hall–Kier alpha value is -2.36. The van der Waals surface area contributed by atoms with Crippen LogP contribution in [0.25, 0.3) is 0 Å². The predicted molar refractivity (Wildman–Crippen MR) is 82.5 cm³/mol. The van der Waals surface area contributed by atoms with Crippen LogP contribution in [0.5, 0.6) is 0 Å². The molecule has 1 unspecified atom stereocenters. The van der Waals surface area contributed by atoms with E-state index >= 15 is 0 Å². The number of rotatable bonds is 4. The van der Waals surface area contributed by atoms with E-state index in [1.54, 1.807) is 19.1 Å². The standard InChI is InChI=1S/C17H19FN2O/c1-11-7-8-15(12(2)9-11)17(3,16(19)21)20-14-6-4-5-13(18)10-14/h4-10,20H,1-3H3,(H2,19,21). The molecule has 0 saturated carbocycles. The molecule has 0 aliphatic rings. The SMILES string of the molecule is Cc1ccc(C(C)(Nc2cccc(F)c2)C(N)=O)c(C)c1. The fourth-order valence-electron chi connectivity index (χ4n) is 2.49. The molecule has 4 heteroatoms. The number of nitrogens with two attached hydrogens (primary N) is 1. The minimum atomic E-state index is -1.11. The zero-order chi connectivity index (χ0) is 15.6. The van der Waals surface area contributed by atoms with E-state index in [1.807, 2.05) is 32.0 Å². The fourth-order valence-corrected chi connectivity index (χ4v) is 2.49. The number of halogens is 1. The van der Waals surface area contributed by atoms with Gasteiger partial charge in [-0.25, -0.2) is 4.39 Å². The highest BCUT2D eigenvalue weighted by Gasteiger charge is 2.34. The van der Waals surface area contributed by atoms with E-state index in [0.29, 0.717) is 5.69 Å². The fraction of sp³-hybridized carbons (Fsp3) is 0.235. The number of carbonyl (C=O) groups excluding carboxylic acids is 1. The first-order valence-electron chi connectivity index (χ1n) is 6.74. The third-order valence-electron chi connectivity index (χ3n) is 3.63. The molecule has 2 aromatic carbocycles.